The first-order valence-electron chi connectivity index (χ1n) is 13.2. The first-order valence-corrected chi connectivity index (χ1v) is 15.8. The van der Waals surface area contributed by atoms with Gasteiger partial charge in [0.15, 0.2) is 0 Å². The molecule has 2 aromatic heterocycles. The fourth-order valence-corrected chi connectivity index (χ4v) is 6.55. The van der Waals surface area contributed by atoms with Gasteiger partial charge in [-0.3, -0.25) is 4.90 Å². The Morgan fingerprint density at radius 2 is 1.97 bits per heavy atom. The van der Waals surface area contributed by atoms with Crippen molar-refractivity contribution >= 4 is 52.3 Å². The van der Waals surface area contributed by atoms with Gasteiger partial charge in [-0.15, -0.1) is 0 Å². The number of piperazine rings is 1. The van der Waals surface area contributed by atoms with E-state index in [1.165, 1.54) is 0 Å². The van der Waals surface area contributed by atoms with E-state index in [4.69, 9.17) is 14.5 Å². The molecule has 0 bridgehead atoms. The molecule has 0 amide bonds. The molecule has 0 radical (unpaired) electrons. The van der Waals surface area contributed by atoms with E-state index in [0.29, 0.717) is 41.5 Å². The van der Waals surface area contributed by atoms with Crippen LogP contribution in [0, 0.1) is 0 Å². The van der Waals surface area contributed by atoms with Crippen molar-refractivity contribution in [2.45, 2.75) is 13.0 Å². The molecule has 1 atom stereocenters. The summed E-state index contributed by atoms with van der Waals surface area (Å²) in [6.07, 6.45) is 1.83. The van der Waals surface area contributed by atoms with Crippen molar-refractivity contribution in [1.82, 2.24) is 19.9 Å². The molecule has 204 valence electrons. The third-order valence-corrected chi connectivity index (χ3v) is 8.99. The number of hydrogen-bond donors (Lipinski definition) is 3. The van der Waals surface area contributed by atoms with Gasteiger partial charge in [0.05, 0.1) is 35.6 Å². The summed E-state index contributed by atoms with van der Waals surface area (Å²) in [7, 11) is -0.847. The Bertz CT molecular complexity index is 1570. The smallest absolute Gasteiger partial charge is 0.231 e. The molecular weight excluding hydrogens is 513 g/mol. The highest BCUT2D eigenvalue weighted by molar-refractivity contribution is 7.70. The number of nitrogens with zero attached hydrogens (tertiary/aromatic N) is 4. The van der Waals surface area contributed by atoms with Crippen molar-refractivity contribution in [3.05, 3.63) is 48.7 Å². The second-order valence-corrected chi connectivity index (χ2v) is 13.5. The largest absolute Gasteiger partial charge is 0.494 e. The highest BCUT2D eigenvalue weighted by atomic mass is 31.2. The van der Waals surface area contributed by atoms with Crippen molar-refractivity contribution in [2.24, 2.45) is 0 Å². The Morgan fingerprint density at radius 1 is 1.13 bits per heavy atom. The summed E-state index contributed by atoms with van der Waals surface area (Å²) in [5.41, 5.74) is 3.20. The van der Waals surface area contributed by atoms with Gasteiger partial charge < -0.3 is 34.6 Å². The van der Waals surface area contributed by atoms with Gasteiger partial charge in [-0.1, -0.05) is 19.1 Å². The number of hydrogen-bond acceptors (Lipinski definition) is 9. The number of benzene rings is 2. The lowest BCUT2D eigenvalue weighted by Crippen LogP contribution is -2.57. The third-order valence-electron chi connectivity index (χ3n) is 7.44. The zero-order chi connectivity index (χ0) is 27.1. The molecule has 0 aliphatic carbocycles. The van der Waals surface area contributed by atoms with E-state index in [0.717, 1.165) is 54.0 Å². The van der Waals surface area contributed by atoms with Gasteiger partial charge >= 0.3 is 0 Å². The lowest BCUT2D eigenvalue weighted by molar-refractivity contribution is 0.172. The van der Waals surface area contributed by atoms with E-state index in [1.807, 2.05) is 48.7 Å². The maximum Gasteiger partial charge on any atom is 0.231 e. The number of likely N-dealkylation sites (N-methyl/N-ethyl adjacent to an activating group) is 1. The Morgan fingerprint density at radius 3 is 2.77 bits per heavy atom. The fourth-order valence-electron chi connectivity index (χ4n) is 5.40. The zero-order valence-electron chi connectivity index (χ0n) is 22.7. The van der Waals surface area contributed by atoms with Crippen LogP contribution in [-0.4, -0.2) is 79.1 Å². The highest BCUT2D eigenvalue weighted by Crippen LogP contribution is 2.43. The van der Waals surface area contributed by atoms with E-state index >= 15 is 0 Å². The molecule has 0 spiro atoms. The van der Waals surface area contributed by atoms with Gasteiger partial charge in [0.25, 0.3) is 0 Å². The molecule has 39 heavy (non-hydrogen) atoms. The summed E-state index contributed by atoms with van der Waals surface area (Å²) in [5.74, 6) is 2.50. The molecule has 2 aliphatic heterocycles. The standard InChI is InChI=1S/C28H34N7O3P/c1-5-34-12-13-35-18(16-34)17-38-24-14-21(23(37-2)15-22(24)35)31-28-32-26-19(10-11-29-26)27(33-28)30-20-8-6-7-9-25(20)39(3,4)36/h6-11,14-15,18H,5,12-13,16-17H2,1-4H3,(H3,29,30,31,32,33)/t18-/m1/s1. The Hall–Kier alpha value is -3.75. The maximum absolute atomic E-state index is 12.9. The summed E-state index contributed by atoms with van der Waals surface area (Å²) in [5, 5.41) is 8.35. The molecule has 6 rings (SSSR count). The van der Waals surface area contributed by atoms with Crippen LogP contribution in [0.5, 0.6) is 11.5 Å². The van der Waals surface area contributed by atoms with Crippen LogP contribution < -0.4 is 30.3 Å². The number of methoxy groups -OCH3 is 1. The van der Waals surface area contributed by atoms with Crippen LogP contribution in [0.15, 0.2) is 48.7 Å². The van der Waals surface area contributed by atoms with Crippen LogP contribution >= 0.6 is 7.14 Å². The summed E-state index contributed by atoms with van der Waals surface area (Å²) < 4.78 is 24.9. The molecule has 10 nitrogen and oxygen atoms in total. The minimum Gasteiger partial charge on any atom is -0.494 e. The molecule has 2 aliphatic rings. The Labute approximate surface area is 228 Å². The van der Waals surface area contributed by atoms with E-state index in [1.54, 1.807) is 20.4 Å². The minimum atomic E-state index is -2.51. The molecule has 0 saturated carbocycles. The van der Waals surface area contributed by atoms with Gasteiger partial charge in [-0.05, 0) is 38.1 Å². The van der Waals surface area contributed by atoms with E-state index in [2.05, 4.69) is 37.3 Å². The number of aromatic amines is 1. The third kappa shape index (κ3) is 4.90. The van der Waals surface area contributed by atoms with Crippen LogP contribution in [-0.2, 0) is 4.57 Å². The van der Waals surface area contributed by atoms with E-state index in [-0.39, 0.29) is 0 Å². The lowest BCUT2D eigenvalue weighted by Gasteiger charge is -2.45. The van der Waals surface area contributed by atoms with E-state index < -0.39 is 7.14 Å². The van der Waals surface area contributed by atoms with Crippen LogP contribution in [0.4, 0.5) is 28.8 Å². The number of anilines is 5. The van der Waals surface area contributed by atoms with Crippen molar-refractivity contribution in [3.63, 3.8) is 0 Å². The number of H-pyrrole nitrogens is 1. The predicted octanol–water partition coefficient (Wildman–Crippen LogP) is 4.60. The number of aromatic nitrogens is 3. The minimum absolute atomic E-state index is 0.325. The van der Waals surface area contributed by atoms with Crippen LogP contribution in [0.1, 0.15) is 6.92 Å². The molecule has 1 saturated heterocycles. The SMILES string of the molecule is CCN1CCN2c3cc(OC)c(Nc4nc(Nc5ccccc5P(C)(C)=O)c5cc[nH]c5n4)cc3OC[C@H]2C1. The average molecular weight is 548 g/mol. The van der Waals surface area contributed by atoms with Crippen LogP contribution in [0.2, 0.25) is 0 Å². The van der Waals surface area contributed by atoms with Gasteiger partial charge in [0.2, 0.25) is 5.95 Å². The van der Waals surface area contributed by atoms with Crippen LogP contribution in [0.3, 0.4) is 0 Å². The molecular formula is C28H34N7O3P. The lowest BCUT2D eigenvalue weighted by atomic mass is 10.1. The monoisotopic (exact) mass is 547 g/mol. The van der Waals surface area contributed by atoms with Crippen molar-refractivity contribution in [3.8, 4) is 11.5 Å². The normalized spacial score (nSPS) is 17.3. The number of fused-ring (bicyclic) bond motifs is 4. The first kappa shape index (κ1) is 25.5. The molecule has 3 N–H and O–H groups in total. The summed E-state index contributed by atoms with van der Waals surface area (Å²) >= 11 is 0. The average Bonchev–Trinajstić information content (AvgIpc) is 3.41. The fraction of sp³-hybridized carbons (Fsp3) is 0.357. The van der Waals surface area contributed by atoms with Gasteiger partial charge in [0.1, 0.15) is 36.7 Å². The number of para-hydroxylation sites is 1. The van der Waals surface area contributed by atoms with E-state index in [9.17, 15) is 4.57 Å². The second kappa shape index (κ2) is 10.1. The van der Waals surface area contributed by atoms with Gasteiger partial charge in [-0.2, -0.15) is 9.97 Å². The summed E-state index contributed by atoms with van der Waals surface area (Å²) in [4.78, 5) is 17.6. The summed E-state index contributed by atoms with van der Waals surface area (Å²) in [6.45, 7) is 10.4. The van der Waals surface area contributed by atoms with Crippen molar-refractivity contribution in [1.29, 1.82) is 0 Å². The Balaban J connectivity index is 1.33. The molecule has 4 aromatic rings. The first-order chi connectivity index (χ1) is 18.8. The molecule has 11 heteroatoms. The van der Waals surface area contributed by atoms with Gasteiger partial charge in [0, 0.05) is 43.3 Å². The predicted molar refractivity (Wildman–Crippen MR) is 158 cm³/mol. The Kier molecular flexibility index (Phi) is 6.61. The van der Waals surface area contributed by atoms with Crippen LogP contribution in [0.25, 0.3) is 11.0 Å². The number of rotatable bonds is 7. The van der Waals surface area contributed by atoms with Gasteiger partial charge in [-0.25, -0.2) is 0 Å². The van der Waals surface area contributed by atoms with Crippen molar-refractivity contribution in [2.75, 3.05) is 68.8 Å². The topological polar surface area (TPSA) is 108 Å². The molecule has 4 heterocycles. The molecule has 2 aromatic carbocycles. The number of nitrogens with one attached hydrogen (secondary N) is 3. The quantitative estimate of drug-likeness (QED) is 0.286. The summed E-state index contributed by atoms with van der Waals surface area (Å²) in [6, 6.07) is 13.9. The molecule has 0 unspecified atom stereocenters. The maximum atomic E-state index is 12.9. The molecule has 1 fully saturated rings. The zero-order valence-corrected chi connectivity index (χ0v) is 23.6. The second-order valence-electron chi connectivity index (χ2n) is 10.3. The highest BCUT2D eigenvalue weighted by Gasteiger charge is 2.33. The van der Waals surface area contributed by atoms with Crippen molar-refractivity contribution < 1.29 is 14.0 Å². The number of ether oxygens (including phenoxy) is 2.